The molecule has 2 heterocycles. The van der Waals surface area contributed by atoms with Gasteiger partial charge in [-0.15, -0.1) is 6.42 Å². The number of benzene rings is 2. The summed E-state index contributed by atoms with van der Waals surface area (Å²) >= 11 is 0. The van der Waals surface area contributed by atoms with Crippen molar-refractivity contribution in [3.63, 3.8) is 0 Å². The van der Waals surface area contributed by atoms with Crippen LogP contribution in [0.3, 0.4) is 0 Å². The van der Waals surface area contributed by atoms with Crippen LogP contribution in [0.2, 0.25) is 0 Å². The first-order chi connectivity index (χ1) is 13.5. The number of aromatic nitrogens is 2. The van der Waals surface area contributed by atoms with Crippen LogP contribution >= 0.6 is 0 Å². The van der Waals surface area contributed by atoms with Gasteiger partial charge < -0.3 is 9.47 Å². The van der Waals surface area contributed by atoms with Gasteiger partial charge in [0.1, 0.15) is 11.6 Å². The van der Waals surface area contributed by atoms with E-state index in [-0.39, 0.29) is 23.0 Å². The number of aryl methyl sites for hydroxylation is 1. The number of hydrogen-bond donors (Lipinski definition) is 0. The average molecular weight is 377 g/mol. The fourth-order valence-electron chi connectivity index (χ4n) is 4.25. The maximum Gasteiger partial charge on any atom is 0.233 e. The van der Waals surface area contributed by atoms with Crippen LogP contribution in [0.25, 0.3) is 11.0 Å². The highest BCUT2D eigenvalue weighted by molar-refractivity contribution is 6.04. The summed E-state index contributed by atoms with van der Waals surface area (Å²) in [7, 11) is 1.88. The number of anilines is 1. The number of carbonyl (C=O) groups excluding carboxylic acids is 1. The lowest BCUT2D eigenvalue weighted by Crippen LogP contribution is -2.56. The zero-order chi connectivity index (χ0) is 19.6. The van der Waals surface area contributed by atoms with Crippen LogP contribution in [0.4, 0.5) is 14.5 Å². The fraction of sp³-hybridized carbons (Fsp3) is 0.273. The number of nitrogens with zero attached hydrogens (tertiary/aromatic N) is 3. The molecule has 1 aliphatic carbocycles. The molecule has 2 aromatic carbocycles. The number of fused-ring (bicyclic) bond motifs is 1. The number of terminal acetylenes is 1. The maximum absolute atomic E-state index is 14.8. The Kier molecular flexibility index (Phi) is 3.57. The predicted molar refractivity (Wildman–Crippen MR) is 101 cm³/mol. The number of halogens is 2. The lowest BCUT2D eigenvalue weighted by atomic mass is 9.78. The Hall–Kier alpha value is -3.20. The average Bonchev–Trinajstić information content (AvgIpc) is 3.42. The van der Waals surface area contributed by atoms with Crippen molar-refractivity contribution in [3.05, 3.63) is 59.4 Å². The van der Waals surface area contributed by atoms with Crippen molar-refractivity contribution in [1.82, 2.24) is 9.55 Å². The summed E-state index contributed by atoms with van der Waals surface area (Å²) in [6.45, 7) is 0. The molecule has 2 atom stereocenters. The summed E-state index contributed by atoms with van der Waals surface area (Å²) in [6, 6.07) is 7.09. The molecular formula is C22H17F2N3O. The molecule has 6 heteroatoms. The molecule has 0 bridgehead atoms. The van der Waals surface area contributed by atoms with Gasteiger partial charge in [-0.2, -0.15) is 0 Å². The first-order valence-electron chi connectivity index (χ1n) is 9.19. The minimum absolute atomic E-state index is 0.0865. The molecule has 0 radical (unpaired) electrons. The molecule has 2 fully saturated rings. The van der Waals surface area contributed by atoms with Gasteiger partial charge in [-0.3, -0.25) is 4.79 Å². The van der Waals surface area contributed by atoms with Gasteiger partial charge in [-0.25, -0.2) is 13.8 Å². The first kappa shape index (κ1) is 16.9. The Labute approximate surface area is 160 Å². The molecule has 0 spiro atoms. The number of carbonyl (C=O) groups is 1. The van der Waals surface area contributed by atoms with Gasteiger partial charge in [0.2, 0.25) is 5.91 Å². The molecule has 4 nitrogen and oxygen atoms in total. The van der Waals surface area contributed by atoms with Crippen LogP contribution in [0.5, 0.6) is 0 Å². The third kappa shape index (κ3) is 2.36. The molecule has 2 unspecified atom stereocenters. The Morgan fingerprint density at radius 2 is 1.89 bits per heavy atom. The van der Waals surface area contributed by atoms with Crippen molar-refractivity contribution in [2.24, 2.45) is 18.9 Å². The second-order valence-corrected chi connectivity index (χ2v) is 7.54. The topological polar surface area (TPSA) is 38.1 Å². The highest BCUT2D eigenvalue weighted by Gasteiger charge is 2.56. The Morgan fingerprint density at radius 1 is 1.18 bits per heavy atom. The number of β-lactam (4-membered cyclic amide) rings is 1. The summed E-state index contributed by atoms with van der Waals surface area (Å²) < 4.78 is 31.5. The van der Waals surface area contributed by atoms with Crippen LogP contribution in [0, 0.1) is 35.8 Å². The molecule has 1 saturated heterocycles. The van der Waals surface area contributed by atoms with Crippen LogP contribution < -0.4 is 4.90 Å². The standard InChI is InChI=1S/C22H17F2N3O/c1-3-12-8-15(23)20(16(24)9-12)21-19(13-4-5-13)22(28)27(21)14-6-7-18-17(10-14)25-11-26(18)2/h1,6-11,13,19,21H,4-5H2,2H3. The van der Waals surface area contributed by atoms with Crippen molar-refractivity contribution >= 4 is 22.6 Å². The molecule has 2 aliphatic rings. The summed E-state index contributed by atoms with van der Waals surface area (Å²) in [4.78, 5) is 18.8. The van der Waals surface area contributed by atoms with E-state index in [4.69, 9.17) is 6.42 Å². The lowest BCUT2D eigenvalue weighted by molar-refractivity contribution is -0.131. The largest absolute Gasteiger partial charge is 0.334 e. The third-order valence-electron chi connectivity index (χ3n) is 5.80. The minimum atomic E-state index is -0.708. The Morgan fingerprint density at radius 3 is 2.54 bits per heavy atom. The van der Waals surface area contributed by atoms with E-state index >= 15 is 0 Å². The van der Waals surface area contributed by atoms with Crippen molar-refractivity contribution in [3.8, 4) is 12.3 Å². The van der Waals surface area contributed by atoms with Crippen molar-refractivity contribution < 1.29 is 13.6 Å². The highest BCUT2D eigenvalue weighted by Crippen LogP contribution is 2.54. The van der Waals surface area contributed by atoms with Crippen LogP contribution in [0.1, 0.15) is 30.0 Å². The summed E-state index contributed by atoms with van der Waals surface area (Å²) in [5.74, 6) is 0.525. The molecule has 3 aromatic rings. The van der Waals surface area contributed by atoms with Gasteiger partial charge in [0.05, 0.1) is 29.3 Å². The summed E-state index contributed by atoms with van der Waals surface area (Å²) in [5, 5.41) is 0. The smallest absolute Gasteiger partial charge is 0.233 e. The second-order valence-electron chi connectivity index (χ2n) is 7.54. The molecule has 1 saturated carbocycles. The quantitative estimate of drug-likeness (QED) is 0.512. The van der Waals surface area contributed by atoms with E-state index in [9.17, 15) is 13.6 Å². The van der Waals surface area contributed by atoms with E-state index in [1.54, 1.807) is 18.5 Å². The van der Waals surface area contributed by atoms with Crippen molar-refractivity contribution in [2.45, 2.75) is 18.9 Å². The van der Waals surface area contributed by atoms with Crippen molar-refractivity contribution in [1.29, 1.82) is 0 Å². The molecule has 140 valence electrons. The van der Waals surface area contributed by atoms with E-state index in [0.29, 0.717) is 5.69 Å². The lowest BCUT2D eigenvalue weighted by Gasteiger charge is -2.48. The number of imidazole rings is 1. The van der Waals surface area contributed by atoms with Crippen LogP contribution in [0.15, 0.2) is 36.7 Å². The number of hydrogen-bond acceptors (Lipinski definition) is 2. The summed E-state index contributed by atoms with van der Waals surface area (Å²) in [5.41, 5.74) is 2.30. The van der Waals surface area contributed by atoms with E-state index in [1.165, 1.54) is 4.90 Å². The van der Waals surface area contributed by atoms with Gasteiger partial charge in [0.25, 0.3) is 0 Å². The Bertz CT molecular complexity index is 1150. The van der Waals surface area contributed by atoms with Gasteiger partial charge in [0.15, 0.2) is 0 Å². The molecule has 1 aliphatic heterocycles. The molecule has 28 heavy (non-hydrogen) atoms. The Balaban J connectivity index is 1.62. The van der Waals surface area contributed by atoms with E-state index in [1.807, 2.05) is 17.7 Å². The number of rotatable bonds is 3. The van der Waals surface area contributed by atoms with Gasteiger partial charge in [-0.1, -0.05) is 5.92 Å². The normalized spacial score (nSPS) is 21.6. The minimum Gasteiger partial charge on any atom is -0.334 e. The first-order valence-corrected chi connectivity index (χ1v) is 9.19. The maximum atomic E-state index is 14.8. The van der Waals surface area contributed by atoms with E-state index in [0.717, 1.165) is 36.0 Å². The molecule has 1 amide bonds. The van der Waals surface area contributed by atoms with E-state index < -0.39 is 23.6 Å². The second kappa shape index (κ2) is 5.90. The molecule has 1 aromatic heterocycles. The summed E-state index contributed by atoms with van der Waals surface area (Å²) in [6.07, 6.45) is 8.79. The SMILES string of the molecule is C#Cc1cc(F)c(C2C(C3CC3)C(=O)N2c2ccc3c(c2)ncn3C)c(F)c1. The zero-order valence-electron chi connectivity index (χ0n) is 15.2. The molecule has 0 N–H and O–H groups in total. The monoisotopic (exact) mass is 377 g/mol. The van der Waals surface area contributed by atoms with Crippen LogP contribution in [-0.4, -0.2) is 15.5 Å². The van der Waals surface area contributed by atoms with E-state index in [2.05, 4.69) is 10.9 Å². The van der Waals surface area contributed by atoms with Gasteiger partial charge in [0, 0.05) is 23.9 Å². The highest BCUT2D eigenvalue weighted by atomic mass is 19.1. The third-order valence-corrected chi connectivity index (χ3v) is 5.80. The van der Waals surface area contributed by atoms with Crippen molar-refractivity contribution in [2.75, 3.05) is 4.90 Å². The zero-order valence-corrected chi connectivity index (χ0v) is 15.2. The fourth-order valence-corrected chi connectivity index (χ4v) is 4.25. The predicted octanol–water partition coefficient (Wildman–Crippen LogP) is 3.95. The number of amides is 1. The van der Waals surface area contributed by atoms with Gasteiger partial charge >= 0.3 is 0 Å². The van der Waals surface area contributed by atoms with Gasteiger partial charge in [-0.05, 0) is 49.1 Å². The van der Waals surface area contributed by atoms with Crippen LogP contribution in [-0.2, 0) is 11.8 Å². The molecule has 5 rings (SSSR count). The molecular weight excluding hydrogens is 360 g/mol.